The fourth-order valence-electron chi connectivity index (χ4n) is 2.03. The zero-order valence-corrected chi connectivity index (χ0v) is 13.0. The van der Waals surface area contributed by atoms with Crippen LogP contribution in [0.1, 0.15) is 35.3 Å². The van der Waals surface area contributed by atoms with Gasteiger partial charge in [-0.25, -0.2) is 8.78 Å². The van der Waals surface area contributed by atoms with Crippen LogP contribution in [0.15, 0.2) is 46.9 Å². The van der Waals surface area contributed by atoms with E-state index in [-0.39, 0.29) is 11.6 Å². The summed E-state index contributed by atoms with van der Waals surface area (Å²) in [5.74, 6) is -2.78. The van der Waals surface area contributed by atoms with Crippen LogP contribution >= 0.6 is 15.9 Å². The van der Waals surface area contributed by atoms with Crippen molar-refractivity contribution in [3.8, 4) is 0 Å². The predicted molar refractivity (Wildman–Crippen MR) is 81.0 cm³/mol. The molecule has 0 fully saturated rings. The fraction of sp³-hybridized carbons (Fsp3) is 0.188. The average molecular weight is 354 g/mol. The van der Waals surface area contributed by atoms with Gasteiger partial charge in [0.25, 0.3) is 5.91 Å². The Hall–Kier alpha value is -1.75. The van der Waals surface area contributed by atoms with E-state index in [1.54, 1.807) is 0 Å². The molecule has 0 radical (unpaired) electrons. The lowest BCUT2D eigenvalue weighted by Crippen LogP contribution is -2.29. The summed E-state index contributed by atoms with van der Waals surface area (Å²) >= 11 is 3.34. The van der Waals surface area contributed by atoms with Crippen molar-refractivity contribution in [3.63, 3.8) is 0 Å². The fourth-order valence-corrected chi connectivity index (χ4v) is 2.30. The monoisotopic (exact) mass is 353 g/mol. The van der Waals surface area contributed by atoms with Gasteiger partial charge in [-0.3, -0.25) is 4.79 Å². The predicted octanol–water partition coefficient (Wildman–Crippen LogP) is 4.61. The van der Waals surface area contributed by atoms with E-state index >= 15 is 0 Å². The van der Waals surface area contributed by atoms with Crippen LogP contribution in [0.5, 0.6) is 0 Å². The number of hydrogen-bond acceptors (Lipinski definition) is 1. The van der Waals surface area contributed by atoms with Crippen molar-refractivity contribution in [3.05, 3.63) is 69.7 Å². The molecule has 0 saturated carbocycles. The Bertz CT molecular complexity index is 643. The van der Waals surface area contributed by atoms with E-state index in [1.807, 2.05) is 31.2 Å². The molecule has 1 amide bonds. The molecule has 0 bridgehead atoms. The second-order valence-corrected chi connectivity index (χ2v) is 5.50. The summed E-state index contributed by atoms with van der Waals surface area (Å²) in [5.41, 5.74) is 0.622. The van der Waals surface area contributed by atoms with Crippen LogP contribution in [-0.2, 0) is 0 Å². The third kappa shape index (κ3) is 3.67. The van der Waals surface area contributed by atoms with Crippen molar-refractivity contribution in [1.29, 1.82) is 0 Å². The van der Waals surface area contributed by atoms with Crippen molar-refractivity contribution >= 4 is 21.8 Å². The number of benzene rings is 2. The Morgan fingerprint density at radius 2 is 1.86 bits per heavy atom. The number of nitrogens with one attached hydrogen (secondary N) is 1. The van der Waals surface area contributed by atoms with Crippen LogP contribution in [0.2, 0.25) is 0 Å². The molecule has 2 aromatic rings. The minimum atomic E-state index is -1.12. The molecule has 2 rings (SSSR count). The summed E-state index contributed by atoms with van der Waals surface area (Å²) in [5, 5.41) is 2.73. The van der Waals surface area contributed by atoms with Crippen LogP contribution in [0.3, 0.4) is 0 Å². The van der Waals surface area contributed by atoms with E-state index < -0.39 is 17.5 Å². The van der Waals surface area contributed by atoms with Crippen molar-refractivity contribution in [1.82, 2.24) is 5.32 Å². The second-order valence-electron chi connectivity index (χ2n) is 4.59. The van der Waals surface area contributed by atoms with Gasteiger partial charge in [0.2, 0.25) is 0 Å². The SMILES string of the molecule is CCC(NC(=O)c1cccc(F)c1F)c1ccc(Br)cc1. The third-order valence-corrected chi connectivity index (χ3v) is 3.71. The Morgan fingerprint density at radius 3 is 2.48 bits per heavy atom. The van der Waals surface area contributed by atoms with Gasteiger partial charge < -0.3 is 5.32 Å². The van der Waals surface area contributed by atoms with Crippen LogP contribution in [-0.4, -0.2) is 5.91 Å². The highest BCUT2D eigenvalue weighted by molar-refractivity contribution is 9.10. The molecule has 1 atom stereocenters. The van der Waals surface area contributed by atoms with Gasteiger partial charge in [0, 0.05) is 4.47 Å². The first-order chi connectivity index (χ1) is 10.0. The normalized spacial score (nSPS) is 12.0. The van der Waals surface area contributed by atoms with E-state index in [0.29, 0.717) is 6.42 Å². The molecule has 1 N–H and O–H groups in total. The van der Waals surface area contributed by atoms with Gasteiger partial charge in [0.05, 0.1) is 11.6 Å². The minimum Gasteiger partial charge on any atom is -0.345 e. The molecule has 2 aromatic carbocycles. The van der Waals surface area contributed by atoms with Crippen LogP contribution in [0, 0.1) is 11.6 Å². The molecule has 5 heteroatoms. The highest BCUT2D eigenvalue weighted by Gasteiger charge is 2.18. The first-order valence-electron chi connectivity index (χ1n) is 6.53. The minimum absolute atomic E-state index is 0.256. The van der Waals surface area contributed by atoms with Crippen LogP contribution in [0.4, 0.5) is 8.78 Å². The van der Waals surface area contributed by atoms with Crippen LogP contribution in [0.25, 0.3) is 0 Å². The molecule has 0 aliphatic carbocycles. The smallest absolute Gasteiger partial charge is 0.254 e. The summed E-state index contributed by atoms with van der Waals surface area (Å²) < 4.78 is 27.7. The Kier molecular flexibility index (Phi) is 5.07. The van der Waals surface area contributed by atoms with Gasteiger partial charge in [0.1, 0.15) is 0 Å². The molecule has 21 heavy (non-hydrogen) atoms. The van der Waals surface area contributed by atoms with Crippen molar-refractivity contribution in [2.24, 2.45) is 0 Å². The van der Waals surface area contributed by atoms with E-state index in [9.17, 15) is 13.6 Å². The van der Waals surface area contributed by atoms with E-state index in [4.69, 9.17) is 0 Å². The molecule has 1 unspecified atom stereocenters. The third-order valence-electron chi connectivity index (χ3n) is 3.18. The molecule has 2 nitrogen and oxygen atoms in total. The summed E-state index contributed by atoms with van der Waals surface area (Å²) in [7, 11) is 0. The van der Waals surface area contributed by atoms with E-state index in [1.165, 1.54) is 12.1 Å². The second kappa shape index (κ2) is 6.80. The maximum atomic E-state index is 13.6. The first-order valence-corrected chi connectivity index (χ1v) is 7.32. The van der Waals surface area contributed by atoms with Gasteiger partial charge in [0.15, 0.2) is 11.6 Å². The molecule has 0 heterocycles. The molecule has 0 saturated heterocycles. The Morgan fingerprint density at radius 1 is 1.19 bits per heavy atom. The maximum absolute atomic E-state index is 13.6. The highest BCUT2D eigenvalue weighted by Crippen LogP contribution is 2.20. The summed E-state index contributed by atoms with van der Waals surface area (Å²) in [6.07, 6.45) is 0.643. The van der Waals surface area contributed by atoms with Crippen LogP contribution < -0.4 is 5.32 Å². The zero-order valence-electron chi connectivity index (χ0n) is 11.4. The number of hydrogen-bond donors (Lipinski definition) is 1. The molecular weight excluding hydrogens is 340 g/mol. The topological polar surface area (TPSA) is 29.1 Å². The van der Waals surface area contributed by atoms with E-state index in [2.05, 4.69) is 21.2 Å². The van der Waals surface area contributed by atoms with Gasteiger partial charge >= 0.3 is 0 Å². The molecule has 110 valence electrons. The lowest BCUT2D eigenvalue weighted by atomic mass is 10.0. The number of rotatable bonds is 4. The van der Waals surface area contributed by atoms with Gasteiger partial charge in [-0.1, -0.05) is 41.1 Å². The highest BCUT2D eigenvalue weighted by atomic mass is 79.9. The quantitative estimate of drug-likeness (QED) is 0.854. The van der Waals surface area contributed by atoms with Gasteiger partial charge in [-0.15, -0.1) is 0 Å². The number of halogens is 3. The summed E-state index contributed by atoms with van der Waals surface area (Å²) in [4.78, 5) is 12.1. The molecule has 0 aliphatic heterocycles. The van der Waals surface area contributed by atoms with E-state index in [0.717, 1.165) is 16.1 Å². The number of carbonyl (C=O) groups excluding carboxylic acids is 1. The van der Waals surface area contributed by atoms with Crippen molar-refractivity contribution < 1.29 is 13.6 Å². The largest absolute Gasteiger partial charge is 0.345 e. The molecule has 0 aromatic heterocycles. The molecular formula is C16H14BrF2NO. The standard InChI is InChI=1S/C16H14BrF2NO/c1-2-14(10-6-8-11(17)9-7-10)20-16(21)12-4-3-5-13(18)15(12)19/h3-9,14H,2H2,1H3,(H,20,21). The van der Waals surface area contributed by atoms with Gasteiger partial charge in [-0.05, 0) is 36.2 Å². The number of carbonyl (C=O) groups is 1. The lowest BCUT2D eigenvalue weighted by Gasteiger charge is -2.18. The number of amides is 1. The maximum Gasteiger partial charge on any atom is 0.254 e. The summed E-state index contributed by atoms with van der Waals surface area (Å²) in [6.45, 7) is 1.91. The Balaban J connectivity index is 2.20. The van der Waals surface area contributed by atoms with Crippen molar-refractivity contribution in [2.45, 2.75) is 19.4 Å². The summed E-state index contributed by atoms with van der Waals surface area (Å²) in [6, 6.07) is 10.8. The van der Waals surface area contributed by atoms with Crippen molar-refractivity contribution in [2.75, 3.05) is 0 Å². The zero-order chi connectivity index (χ0) is 15.4. The lowest BCUT2D eigenvalue weighted by molar-refractivity contribution is 0.0930. The average Bonchev–Trinajstić information content (AvgIpc) is 2.48. The van der Waals surface area contributed by atoms with Gasteiger partial charge in [-0.2, -0.15) is 0 Å². The molecule has 0 aliphatic rings. The molecule has 0 spiro atoms. The first kappa shape index (κ1) is 15.6. The Labute approximate surface area is 130 Å².